The van der Waals surface area contributed by atoms with Crippen LogP contribution in [-0.4, -0.2) is 43.7 Å². The molecule has 0 atom stereocenters. The van der Waals surface area contributed by atoms with E-state index in [9.17, 15) is 10.1 Å². The molecule has 1 heterocycles. The maximum absolute atomic E-state index is 11.2. The predicted molar refractivity (Wildman–Crippen MR) is 77.9 cm³/mol. The Labute approximate surface area is 122 Å². The van der Waals surface area contributed by atoms with Crippen molar-refractivity contribution < 1.29 is 19.3 Å². The number of quaternary nitrogens is 1. The van der Waals surface area contributed by atoms with Gasteiger partial charge in [-0.15, -0.1) is 0 Å². The Hall–Kier alpha value is -1.47. The van der Waals surface area contributed by atoms with Gasteiger partial charge in [0.1, 0.15) is 6.54 Å². The quantitative estimate of drug-likeness (QED) is 0.642. The number of nitrogens with zero attached hydrogens (tertiary/aromatic N) is 1. The van der Waals surface area contributed by atoms with Gasteiger partial charge in [-0.25, -0.2) is 0 Å². The van der Waals surface area contributed by atoms with Gasteiger partial charge in [-0.2, -0.15) is 11.8 Å². The molecule has 1 aliphatic heterocycles. The highest BCUT2D eigenvalue weighted by atomic mass is 32.2. The van der Waals surface area contributed by atoms with Crippen LogP contribution in [0.15, 0.2) is 12.1 Å². The second-order valence-electron chi connectivity index (χ2n) is 4.63. The minimum Gasteiger partial charge on any atom is -0.493 e. The molecule has 2 rings (SSSR count). The van der Waals surface area contributed by atoms with E-state index in [0.717, 1.165) is 24.6 Å². The molecular weight excluding hydrogens is 280 g/mol. The third kappa shape index (κ3) is 3.34. The minimum atomic E-state index is -0.352. The molecule has 0 aromatic heterocycles. The molecule has 0 aliphatic carbocycles. The summed E-state index contributed by atoms with van der Waals surface area (Å²) in [5.74, 6) is 3.15. The molecule has 0 unspecified atom stereocenters. The first-order valence-corrected chi connectivity index (χ1v) is 7.61. The van der Waals surface area contributed by atoms with E-state index in [-0.39, 0.29) is 10.6 Å². The Kier molecular flexibility index (Phi) is 5.08. The molecule has 1 N–H and O–H groups in total. The van der Waals surface area contributed by atoms with Crippen LogP contribution in [0.5, 0.6) is 11.5 Å². The lowest BCUT2D eigenvalue weighted by molar-refractivity contribution is -0.910. The highest BCUT2D eigenvalue weighted by Gasteiger charge is 2.24. The standard InChI is InChI=1S/C13H18N2O4S/c1-18-12-7-10(9-14-3-5-20-6-4-14)11(15(16)17)8-13(12)19-2/h7-8H,3-6,9H2,1-2H3/p+1. The Morgan fingerprint density at radius 3 is 2.40 bits per heavy atom. The molecule has 20 heavy (non-hydrogen) atoms. The highest BCUT2D eigenvalue weighted by molar-refractivity contribution is 7.99. The van der Waals surface area contributed by atoms with Gasteiger partial charge in [-0.05, 0) is 6.07 Å². The van der Waals surface area contributed by atoms with Crippen molar-refractivity contribution >= 4 is 17.4 Å². The van der Waals surface area contributed by atoms with E-state index in [0.29, 0.717) is 23.6 Å². The van der Waals surface area contributed by atoms with Crippen molar-refractivity contribution in [3.8, 4) is 11.5 Å². The summed E-state index contributed by atoms with van der Waals surface area (Å²) in [7, 11) is 3.02. The predicted octanol–water partition coefficient (Wildman–Crippen LogP) is 0.744. The van der Waals surface area contributed by atoms with Gasteiger partial charge in [0.05, 0.1) is 43.9 Å². The topological polar surface area (TPSA) is 66.0 Å². The minimum absolute atomic E-state index is 0.105. The molecule has 1 aromatic rings. The summed E-state index contributed by atoms with van der Waals surface area (Å²) < 4.78 is 10.4. The number of methoxy groups -OCH3 is 2. The summed E-state index contributed by atoms with van der Waals surface area (Å²) in [6.45, 7) is 2.73. The lowest BCUT2D eigenvalue weighted by Crippen LogP contribution is -3.12. The molecule has 1 aromatic carbocycles. The van der Waals surface area contributed by atoms with Crippen molar-refractivity contribution in [1.82, 2.24) is 0 Å². The molecule has 0 spiro atoms. The lowest BCUT2D eigenvalue weighted by atomic mass is 10.1. The van der Waals surface area contributed by atoms with Crippen molar-refractivity contribution in [3.05, 3.63) is 27.8 Å². The maximum atomic E-state index is 11.2. The number of thioether (sulfide) groups is 1. The molecule has 1 saturated heterocycles. The number of hydrogen-bond acceptors (Lipinski definition) is 5. The van der Waals surface area contributed by atoms with Crippen molar-refractivity contribution in [3.63, 3.8) is 0 Å². The number of ether oxygens (including phenoxy) is 2. The number of rotatable bonds is 5. The molecule has 7 heteroatoms. The molecule has 1 aliphatic rings. The zero-order valence-electron chi connectivity index (χ0n) is 11.7. The smallest absolute Gasteiger partial charge is 0.282 e. The Morgan fingerprint density at radius 1 is 1.25 bits per heavy atom. The Balaban J connectivity index is 2.30. The van der Waals surface area contributed by atoms with Crippen LogP contribution in [0.4, 0.5) is 5.69 Å². The van der Waals surface area contributed by atoms with Crippen molar-refractivity contribution in [2.75, 3.05) is 38.8 Å². The van der Waals surface area contributed by atoms with Gasteiger partial charge in [0, 0.05) is 11.5 Å². The second-order valence-corrected chi connectivity index (χ2v) is 5.86. The van der Waals surface area contributed by atoms with Gasteiger partial charge >= 0.3 is 0 Å². The monoisotopic (exact) mass is 299 g/mol. The van der Waals surface area contributed by atoms with E-state index in [2.05, 4.69) is 0 Å². The number of nitro benzene ring substituents is 1. The fourth-order valence-electron chi connectivity index (χ4n) is 2.33. The molecule has 0 bridgehead atoms. The second kappa shape index (κ2) is 6.81. The molecule has 0 saturated carbocycles. The van der Waals surface area contributed by atoms with Crippen LogP contribution in [0.1, 0.15) is 5.56 Å². The van der Waals surface area contributed by atoms with Crippen LogP contribution >= 0.6 is 11.8 Å². The summed E-state index contributed by atoms with van der Waals surface area (Å²) in [5, 5.41) is 11.2. The van der Waals surface area contributed by atoms with Gasteiger partial charge in [0.2, 0.25) is 0 Å². The summed E-state index contributed by atoms with van der Waals surface area (Å²) in [5.41, 5.74) is 0.808. The van der Waals surface area contributed by atoms with Crippen LogP contribution in [0, 0.1) is 10.1 Å². The zero-order valence-corrected chi connectivity index (χ0v) is 12.5. The third-order valence-electron chi connectivity index (χ3n) is 3.42. The van der Waals surface area contributed by atoms with Gasteiger partial charge < -0.3 is 14.4 Å². The number of nitrogens with one attached hydrogen (secondary N) is 1. The van der Waals surface area contributed by atoms with Crippen LogP contribution in [0.25, 0.3) is 0 Å². The van der Waals surface area contributed by atoms with Crippen LogP contribution < -0.4 is 14.4 Å². The molecular formula is C13H19N2O4S+. The normalized spacial score (nSPS) is 15.9. The van der Waals surface area contributed by atoms with E-state index >= 15 is 0 Å². The first-order valence-electron chi connectivity index (χ1n) is 6.46. The van der Waals surface area contributed by atoms with Crippen molar-refractivity contribution in [2.24, 2.45) is 0 Å². The first kappa shape index (κ1) is 14.9. The van der Waals surface area contributed by atoms with Crippen molar-refractivity contribution in [2.45, 2.75) is 6.54 Å². The lowest BCUT2D eigenvalue weighted by Gasteiger charge is -2.23. The van der Waals surface area contributed by atoms with Gasteiger partial charge in [-0.1, -0.05) is 0 Å². The number of hydrogen-bond donors (Lipinski definition) is 1. The molecule has 110 valence electrons. The zero-order chi connectivity index (χ0) is 14.5. The highest BCUT2D eigenvalue weighted by Crippen LogP contribution is 2.34. The Morgan fingerprint density at radius 2 is 1.85 bits per heavy atom. The van der Waals surface area contributed by atoms with E-state index in [1.807, 2.05) is 11.8 Å². The van der Waals surface area contributed by atoms with Crippen LogP contribution in [0.3, 0.4) is 0 Å². The average molecular weight is 299 g/mol. The molecule has 0 radical (unpaired) electrons. The largest absolute Gasteiger partial charge is 0.493 e. The van der Waals surface area contributed by atoms with E-state index in [1.54, 1.807) is 6.07 Å². The van der Waals surface area contributed by atoms with E-state index in [1.165, 1.54) is 25.2 Å². The summed E-state index contributed by atoms with van der Waals surface area (Å²) in [4.78, 5) is 12.2. The average Bonchev–Trinajstić information content (AvgIpc) is 2.47. The van der Waals surface area contributed by atoms with Crippen LogP contribution in [0.2, 0.25) is 0 Å². The van der Waals surface area contributed by atoms with Crippen LogP contribution in [-0.2, 0) is 6.54 Å². The fraction of sp³-hybridized carbons (Fsp3) is 0.538. The fourth-order valence-corrected chi connectivity index (χ4v) is 3.40. The van der Waals surface area contributed by atoms with Gasteiger partial charge in [0.25, 0.3) is 5.69 Å². The molecule has 0 amide bonds. The molecule has 1 fully saturated rings. The summed E-state index contributed by atoms with van der Waals surface area (Å²) in [6.07, 6.45) is 0. The number of benzene rings is 1. The maximum Gasteiger partial charge on any atom is 0.282 e. The van der Waals surface area contributed by atoms with Crippen molar-refractivity contribution in [1.29, 1.82) is 0 Å². The Bertz CT molecular complexity index is 490. The number of nitro groups is 1. The van der Waals surface area contributed by atoms with E-state index in [4.69, 9.17) is 9.47 Å². The van der Waals surface area contributed by atoms with Gasteiger partial charge in [-0.3, -0.25) is 10.1 Å². The SMILES string of the molecule is COc1cc(C[NH+]2CCSCC2)c([N+](=O)[O-])cc1OC. The third-order valence-corrected chi connectivity index (χ3v) is 4.41. The summed E-state index contributed by atoms with van der Waals surface area (Å²) in [6, 6.07) is 3.18. The van der Waals surface area contributed by atoms with E-state index < -0.39 is 0 Å². The van der Waals surface area contributed by atoms with Gasteiger partial charge in [0.15, 0.2) is 11.5 Å². The first-order chi connectivity index (χ1) is 9.65. The molecule has 6 nitrogen and oxygen atoms in total. The summed E-state index contributed by atoms with van der Waals surface area (Å²) >= 11 is 1.93.